The normalized spacial score (nSPS) is 21.4. The maximum atomic E-state index is 5.99. The minimum absolute atomic E-state index is 0.352. The number of ether oxygens (including phenoxy) is 1. The molecule has 0 aromatic heterocycles. The summed E-state index contributed by atoms with van der Waals surface area (Å²) < 4.78 is 5.47. The fraction of sp³-hybridized carbons (Fsp3) is 0.600. The molecule has 0 aliphatic carbocycles. The van der Waals surface area contributed by atoms with Crippen molar-refractivity contribution in [1.82, 2.24) is 4.90 Å². The molecule has 1 unspecified atom stereocenters. The summed E-state index contributed by atoms with van der Waals surface area (Å²) in [6, 6.07) is 9.28. The highest BCUT2D eigenvalue weighted by Crippen LogP contribution is 2.17. The van der Waals surface area contributed by atoms with E-state index in [9.17, 15) is 0 Å². The molecule has 18 heavy (non-hydrogen) atoms. The molecule has 0 amide bonds. The lowest BCUT2D eigenvalue weighted by molar-refractivity contribution is -0.00304. The van der Waals surface area contributed by atoms with E-state index in [2.05, 4.69) is 43.0 Å². The van der Waals surface area contributed by atoms with Crippen molar-refractivity contribution in [2.45, 2.75) is 32.4 Å². The lowest BCUT2D eigenvalue weighted by Crippen LogP contribution is -2.45. The quantitative estimate of drug-likeness (QED) is 0.777. The van der Waals surface area contributed by atoms with E-state index in [0.29, 0.717) is 17.8 Å². The second-order valence-corrected chi connectivity index (χ2v) is 5.56. The maximum Gasteiger partial charge on any atom is 0.0634 e. The zero-order chi connectivity index (χ0) is 13.0. The summed E-state index contributed by atoms with van der Waals surface area (Å²) >= 11 is 5.99. The summed E-state index contributed by atoms with van der Waals surface area (Å²) in [7, 11) is 0. The van der Waals surface area contributed by atoms with Gasteiger partial charge in [-0.05, 0) is 17.0 Å². The first-order valence-corrected chi connectivity index (χ1v) is 7.20. The van der Waals surface area contributed by atoms with Crippen LogP contribution in [-0.2, 0) is 11.3 Å². The molecule has 1 atom stereocenters. The second kappa shape index (κ2) is 6.55. The van der Waals surface area contributed by atoms with Gasteiger partial charge in [-0.1, -0.05) is 38.1 Å². The minimum Gasteiger partial charge on any atom is -0.378 e. The molecule has 3 heteroatoms. The molecule has 2 rings (SSSR count). The Labute approximate surface area is 115 Å². The predicted octanol–water partition coefficient (Wildman–Crippen LogP) is 3.25. The summed E-state index contributed by atoms with van der Waals surface area (Å²) in [4.78, 5) is 2.42. The van der Waals surface area contributed by atoms with Crippen molar-refractivity contribution >= 4 is 11.6 Å². The highest BCUT2D eigenvalue weighted by Gasteiger charge is 2.21. The van der Waals surface area contributed by atoms with Crippen LogP contribution in [0.2, 0.25) is 0 Å². The summed E-state index contributed by atoms with van der Waals surface area (Å²) in [6.07, 6.45) is 0. The van der Waals surface area contributed by atoms with Crippen molar-refractivity contribution in [3.05, 3.63) is 35.4 Å². The fourth-order valence-corrected chi connectivity index (χ4v) is 2.57. The Bertz CT molecular complexity index is 363. The van der Waals surface area contributed by atoms with Crippen LogP contribution in [0.25, 0.3) is 0 Å². The van der Waals surface area contributed by atoms with E-state index in [1.54, 1.807) is 0 Å². The van der Waals surface area contributed by atoms with Crippen LogP contribution in [0, 0.1) is 0 Å². The van der Waals surface area contributed by atoms with Crippen molar-refractivity contribution in [3.8, 4) is 0 Å². The largest absolute Gasteiger partial charge is 0.378 e. The van der Waals surface area contributed by atoms with Gasteiger partial charge in [-0.25, -0.2) is 0 Å². The Hall–Kier alpha value is -0.570. The Balaban J connectivity index is 1.99. The molecule has 0 spiro atoms. The van der Waals surface area contributed by atoms with Crippen LogP contribution < -0.4 is 0 Å². The number of hydrogen-bond acceptors (Lipinski definition) is 2. The third-order valence-corrected chi connectivity index (χ3v) is 3.92. The monoisotopic (exact) mass is 267 g/mol. The van der Waals surface area contributed by atoms with Gasteiger partial charge in [0.25, 0.3) is 0 Å². The zero-order valence-corrected chi connectivity index (χ0v) is 12.0. The summed E-state index contributed by atoms with van der Waals surface area (Å²) in [6.45, 7) is 7.97. The van der Waals surface area contributed by atoms with Crippen LogP contribution in [0.1, 0.15) is 30.9 Å². The molecule has 2 nitrogen and oxygen atoms in total. The zero-order valence-electron chi connectivity index (χ0n) is 11.2. The minimum atomic E-state index is 0.352. The van der Waals surface area contributed by atoms with Crippen molar-refractivity contribution in [2.75, 3.05) is 25.6 Å². The number of rotatable bonds is 4. The molecule has 0 saturated carbocycles. The van der Waals surface area contributed by atoms with Crippen molar-refractivity contribution in [3.63, 3.8) is 0 Å². The molecule has 1 aliphatic rings. The Morgan fingerprint density at radius 1 is 1.33 bits per heavy atom. The smallest absolute Gasteiger partial charge is 0.0634 e. The van der Waals surface area contributed by atoms with Gasteiger partial charge in [0.1, 0.15) is 0 Å². The molecule has 100 valence electrons. The van der Waals surface area contributed by atoms with Crippen molar-refractivity contribution in [2.24, 2.45) is 0 Å². The molecule has 1 aromatic rings. The lowest BCUT2D eigenvalue weighted by Gasteiger charge is -2.34. The lowest BCUT2D eigenvalue weighted by atomic mass is 10.0. The molecule has 1 aliphatic heterocycles. The average Bonchev–Trinajstić information content (AvgIpc) is 2.40. The van der Waals surface area contributed by atoms with Gasteiger partial charge < -0.3 is 4.74 Å². The molecule has 0 N–H and O–H groups in total. The van der Waals surface area contributed by atoms with Crippen LogP contribution in [0.5, 0.6) is 0 Å². The van der Waals surface area contributed by atoms with Gasteiger partial charge in [0.2, 0.25) is 0 Å². The first kappa shape index (κ1) is 13.9. The SMILES string of the molecule is CC(C)c1ccc(CN2CCOCC2CCl)cc1. The van der Waals surface area contributed by atoms with E-state index in [0.717, 1.165) is 26.3 Å². The van der Waals surface area contributed by atoms with Gasteiger partial charge >= 0.3 is 0 Å². The summed E-state index contributed by atoms with van der Waals surface area (Å²) in [5.41, 5.74) is 2.76. The van der Waals surface area contributed by atoms with E-state index in [1.165, 1.54) is 11.1 Å². The predicted molar refractivity (Wildman–Crippen MR) is 76.3 cm³/mol. The molecule has 0 bridgehead atoms. The van der Waals surface area contributed by atoms with E-state index in [4.69, 9.17) is 16.3 Å². The summed E-state index contributed by atoms with van der Waals surface area (Å²) in [5, 5.41) is 0. The standard InChI is InChI=1S/C15H22ClNO/c1-12(2)14-5-3-13(4-6-14)10-17-7-8-18-11-15(17)9-16/h3-6,12,15H,7-11H2,1-2H3. The topological polar surface area (TPSA) is 12.5 Å². The summed E-state index contributed by atoms with van der Waals surface area (Å²) in [5.74, 6) is 1.24. The van der Waals surface area contributed by atoms with Crippen molar-refractivity contribution < 1.29 is 4.74 Å². The highest BCUT2D eigenvalue weighted by atomic mass is 35.5. The average molecular weight is 268 g/mol. The Morgan fingerprint density at radius 2 is 2.06 bits per heavy atom. The van der Waals surface area contributed by atoms with Crippen molar-refractivity contribution in [1.29, 1.82) is 0 Å². The van der Waals surface area contributed by atoms with Crippen LogP contribution in [0.4, 0.5) is 0 Å². The van der Waals surface area contributed by atoms with Crippen LogP contribution >= 0.6 is 11.6 Å². The van der Waals surface area contributed by atoms with Crippen LogP contribution in [0.15, 0.2) is 24.3 Å². The first-order valence-electron chi connectivity index (χ1n) is 6.67. The Kier molecular flexibility index (Phi) is 5.04. The van der Waals surface area contributed by atoms with E-state index >= 15 is 0 Å². The molecule has 1 heterocycles. The first-order chi connectivity index (χ1) is 8.70. The number of alkyl halides is 1. The van der Waals surface area contributed by atoms with Gasteiger partial charge in [-0.3, -0.25) is 4.90 Å². The Morgan fingerprint density at radius 3 is 2.67 bits per heavy atom. The van der Waals surface area contributed by atoms with E-state index < -0.39 is 0 Å². The fourth-order valence-electron chi connectivity index (χ4n) is 2.28. The van der Waals surface area contributed by atoms with Gasteiger partial charge in [-0.2, -0.15) is 0 Å². The van der Waals surface area contributed by atoms with E-state index in [-0.39, 0.29) is 0 Å². The number of benzene rings is 1. The second-order valence-electron chi connectivity index (χ2n) is 5.25. The third-order valence-electron chi connectivity index (χ3n) is 3.56. The molecule has 0 radical (unpaired) electrons. The number of halogens is 1. The molecular weight excluding hydrogens is 246 g/mol. The number of morpholine rings is 1. The molecule has 1 saturated heterocycles. The molecule has 1 fully saturated rings. The van der Waals surface area contributed by atoms with Gasteiger partial charge in [-0.15, -0.1) is 11.6 Å². The van der Waals surface area contributed by atoms with Gasteiger partial charge in [0.05, 0.1) is 13.2 Å². The number of nitrogens with zero attached hydrogens (tertiary/aromatic N) is 1. The van der Waals surface area contributed by atoms with Crippen LogP contribution in [0.3, 0.4) is 0 Å². The van der Waals surface area contributed by atoms with Crippen LogP contribution in [-0.4, -0.2) is 36.6 Å². The number of hydrogen-bond donors (Lipinski definition) is 0. The highest BCUT2D eigenvalue weighted by molar-refractivity contribution is 6.18. The van der Waals surface area contributed by atoms with E-state index in [1.807, 2.05) is 0 Å². The molecular formula is C15H22ClNO. The third kappa shape index (κ3) is 3.47. The van der Waals surface area contributed by atoms with Gasteiger partial charge in [0.15, 0.2) is 0 Å². The maximum absolute atomic E-state index is 5.99. The molecule has 1 aromatic carbocycles. The van der Waals surface area contributed by atoms with Gasteiger partial charge in [0, 0.05) is 25.0 Å².